The Morgan fingerprint density at radius 2 is 2.18 bits per heavy atom. The number of nitrogens with zero attached hydrogens (tertiary/aromatic N) is 3. The van der Waals surface area contributed by atoms with Crippen molar-refractivity contribution in [2.75, 3.05) is 5.32 Å². The van der Waals surface area contributed by atoms with Crippen LogP contribution >= 0.6 is 22.9 Å². The van der Waals surface area contributed by atoms with E-state index in [9.17, 15) is 0 Å². The van der Waals surface area contributed by atoms with Crippen molar-refractivity contribution >= 4 is 28.8 Å². The van der Waals surface area contributed by atoms with E-state index in [0.717, 1.165) is 28.8 Å². The van der Waals surface area contributed by atoms with E-state index in [1.165, 1.54) is 0 Å². The van der Waals surface area contributed by atoms with Crippen LogP contribution in [0.3, 0.4) is 0 Å². The number of nitrogens with one attached hydrogen (secondary N) is 1. The van der Waals surface area contributed by atoms with Gasteiger partial charge in [-0.1, -0.05) is 18.5 Å². The largest absolute Gasteiger partial charge is 0.363 e. The topological polar surface area (TPSA) is 50.7 Å². The van der Waals surface area contributed by atoms with Crippen molar-refractivity contribution in [2.45, 2.75) is 26.8 Å². The molecule has 6 heteroatoms. The molecule has 1 N–H and O–H groups in total. The molecule has 2 aromatic heterocycles. The van der Waals surface area contributed by atoms with E-state index in [0.29, 0.717) is 11.7 Å². The Kier molecular flexibility index (Phi) is 3.91. The lowest BCUT2D eigenvalue weighted by atomic mass is 10.4. The molecule has 90 valence electrons. The Bertz CT molecular complexity index is 512. The molecule has 2 heterocycles. The standard InChI is InChI=1S/C11H13ClN4S/c1-3-9-15-8(12)4-10(16-9)13-5-11-14-7(2)6-17-11/h4,6H,3,5H2,1-2H3,(H,13,15,16). The third-order valence-electron chi connectivity index (χ3n) is 2.14. The van der Waals surface area contributed by atoms with Crippen LogP contribution in [0.4, 0.5) is 5.82 Å². The molecule has 2 rings (SSSR count). The van der Waals surface area contributed by atoms with Gasteiger partial charge in [0.15, 0.2) is 0 Å². The monoisotopic (exact) mass is 268 g/mol. The van der Waals surface area contributed by atoms with Crippen LogP contribution in [0.15, 0.2) is 11.4 Å². The van der Waals surface area contributed by atoms with Crippen molar-refractivity contribution in [3.8, 4) is 0 Å². The van der Waals surface area contributed by atoms with Gasteiger partial charge in [-0.3, -0.25) is 0 Å². The summed E-state index contributed by atoms with van der Waals surface area (Å²) < 4.78 is 0. The maximum absolute atomic E-state index is 5.91. The lowest BCUT2D eigenvalue weighted by molar-refractivity contribution is 0.931. The Morgan fingerprint density at radius 1 is 1.35 bits per heavy atom. The van der Waals surface area contributed by atoms with Crippen molar-refractivity contribution in [2.24, 2.45) is 0 Å². The van der Waals surface area contributed by atoms with E-state index >= 15 is 0 Å². The number of aryl methyl sites for hydroxylation is 2. The lowest BCUT2D eigenvalue weighted by Crippen LogP contribution is -2.04. The summed E-state index contributed by atoms with van der Waals surface area (Å²) in [7, 11) is 0. The molecular weight excluding hydrogens is 256 g/mol. The van der Waals surface area contributed by atoms with Gasteiger partial charge in [0, 0.05) is 23.6 Å². The predicted octanol–water partition coefficient (Wildman–Crippen LogP) is 3.07. The van der Waals surface area contributed by atoms with Crippen molar-refractivity contribution in [1.29, 1.82) is 0 Å². The molecule has 0 saturated carbocycles. The van der Waals surface area contributed by atoms with Gasteiger partial charge in [0.2, 0.25) is 0 Å². The molecular formula is C11H13ClN4S. The number of thiazole rings is 1. The molecule has 0 spiro atoms. The first-order valence-corrected chi connectivity index (χ1v) is 6.61. The number of aromatic nitrogens is 3. The number of halogens is 1. The van der Waals surface area contributed by atoms with E-state index in [1.807, 2.05) is 19.2 Å². The van der Waals surface area contributed by atoms with E-state index in [1.54, 1.807) is 17.4 Å². The zero-order valence-electron chi connectivity index (χ0n) is 9.70. The first-order chi connectivity index (χ1) is 8.17. The molecule has 0 aliphatic carbocycles. The minimum atomic E-state index is 0.467. The van der Waals surface area contributed by atoms with Crippen LogP contribution in [-0.4, -0.2) is 15.0 Å². The fourth-order valence-electron chi connectivity index (χ4n) is 1.36. The van der Waals surface area contributed by atoms with Gasteiger partial charge in [0.25, 0.3) is 0 Å². The first-order valence-electron chi connectivity index (χ1n) is 5.35. The van der Waals surface area contributed by atoms with Gasteiger partial charge in [-0.2, -0.15) is 0 Å². The molecule has 17 heavy (non-hydrogen) atoms. The second-order valence-electron chi connectivity index (χ2n) is 3.58. The second-order valence-corrected chi connectivity index (χ2v) is 4.91. The minimum absolute atomic E-state index is 0.467. The van der Waals surface area contributed by atoms with Crippen molar-refractivity contribution in [1.82, 2.24) is 15.0 Å². The normalized spacial score (nSPS) is 10.5. The summed E-state index contributed by atoms with van der Waals surface area (Å²) in [5, 5.41) is 6.74. The van der Waals surface area contributed by atoms with Crippen LogP contribution < -0.4 is 5.32 Å². The second kappa shape index (κ2) is 5.42. The van der Waals surface area contributed by atoms with Gasteiger partial charge >= 0.3 is 0 Å². The summed E-state index contributed by atoms with van der Waals surface area (Å²) in [6.45, 7) is 4.64. The number of hydrogen-bond acceptors (Lipinski definition) is 5. The molecule has 0 amide bonds. The van der Waals surface area contributed by atoms with Gasteiger partial charge in [0.05, 0.1) is 6.54 Å². The Labute approximate surface area is 109 Å². The molecule has 0 saturated heterocycles. The zero-order chi connectivity index (χ0) is 12.3. The Morgan fingerprint density at radius 3 is 2.82 bits per heavy atom. The molecule has 0 bridgehead atoms. The lowest BCUT2D eigenvalue weighted by Gasteiger charge is -2.05. The van der Waals surface area contributed by atoms with Gasteiger partial charge in [-0.15, -0.1) is 11.3 Å². The Hall–Kier alpha value is -1.20. The third-order valence-corrected chi connectivity index (χ3v) is 3.31. The Balaban J connectivity index is 2.05. The summed E-state index contributed by atoms with van der Waals surface area (Å²) in [6, 6.07) is 1.72. The molecule has 0 aliphatic heterocycles. The van der Waals surface area contributed by atoms with E-state index in [-0.39, 0.29) is 0 Å². The fraction of sp³-hybridized carbons (Fsp3) is 0.364. The number of rotatable bonds is 4. The number of hydrogen-bond donors (Lipinski definition) is 1. The highest BCUT2D eigenvalue weighted by molar-refractivity contribution is 7.09. The van der Waals surface area contributed by atoms with Gasteiger partial charge < -0.3 is 5.32 Å². The minimum Gasteiger partial charge on any atom is -0.363 e. The molecule has 0 unspecified atom stereocenters. The first kappa shape index (κ1) is 12.3. The summed E-state index contributed by atoms with van der Waals surface area (Å²) in [5.41, 5.74) is 1.04. The molecule has 0 radical (unpaired) electrons. The summed E-state index contributed by atoms with van der Waals surface area (Å²) >= 11 is 7.54. The molecule has 2 aromatic rings. The maximum atomic E-state index is 5.91. The molecule has 0 fully saturated rings. The van der Waals surface area contributed by atoms with Crippen LogP contribution in [0.2, 0.25) is 5.15 Å². The predicted molar refractivity (Wildman–Crippen MR) is 70.6 cm³/mol. The van der Waals surface area contributed by atoms with Crippen molar-refractivity contribution < 1.29 is 0 Å². The zero-order valence-corrected chi connectivity index (χ0v) is 11.3. The molecule has 0 aromatic carbocycles. The van der Waals surface area contributed by atoms with Crippen molar-refractivity contribution in [3.05, 3.63) is 33.1 Å². The average molecular weight is 269 g/mol. The summed E-state index contributed by atoms with van der Waals surface area (Å²) in [4.78, 5) is 12.8. The van der Waals surface area contributed by atoms with Crippen molar-refractivity contribution in [3.63, 3.8) is 0 Å². The van der Waals surface area contributed by atoms with E-state index < -0.39 is 0 Å². The molecule has 0 aliphatic rings. The fourth-order valence-corrected chi connectivity index (χ4v) is 2.28. The quantitative estimate of drug-likeness (QED) is 0.866. The highest BCUT2D eigenvalue weighted by Gasteiger charge is 2.03. The van der Waals surface area contributed by atoms with Crippen LogP contribution in [-0.2, 0) is 13.0 Å². The highest BCUT2D eigenvalue weighted by Crippen LogP contribution is 2.14. The van der Waals surface area contributed by atoms with Gasteiger partial charge in [-0.25, -0.2) is 15.0 Å². The van der Waals surface area contributed by atoms with Crippen LogP contribution in [0, 0.1) is 6.92 Å². The average Bonchev–Trinajstić information content (AvgIpc) is 2.72. The summed E-state index contributed by atoms with van der Waals surface area (Å²) in [6.07, 6.45) is 0.769. The van der Waals surface area contributed by atoms with Crippen LogP contribution in [0.25, 0.3) is 0 Å². The summed E-state index contributed by atoms with van der Waals surface area (Å²) in [5.74, 6) is 1.49. The highest BCUT2D eigenvalue weighted by atomic mass is 35.5. The van der Waals surface area contributed by atoms with Crippen LogP contribution in [0.1, 0.15) is 23.4 Å². The van der Waals surface area contributed by atoms with E-state index in [4.69, 9.17) is 11.6 Å². The smallest absolute Gasteiger partial charge is 0.134 e. The van der Waals surface area contributed by atoms with Crippen LogP contribution in [0.5, 0.6) is 0 Å². The van der Waals surface area contributed by atoms with Gasteiger partial charge in [-0.05, 0) is 6.92 Å². The van der Waals surface area contributed by atoms with E-state index in [2.05, 4.69) is 20.3 Å². The molecule has 0 atom stereocenters. The SMILES string of the molecule is CCc1nc(Cl)cc(NCc2nc(C)cs2)n1. The van der Waals surface area contributed by atoms with Gasteiger partial charge in [0.1, 0.15) is 21.8 Å². The molecule has 4 nitrogen and oxygen atoms in total. The third kappa shape index (κ3) is 3.38. The number of anilines is 1. The maximum Gasteiger partial charge on any atom is 0.134 e.